The predicted octanol–water partition coefficient (Wildman–Crippen LogP) is 4.91. The van der Waals surface area contributed by atoms with Crippen LogP contribution in [0.4, 0.5) is 0 Å². The minimum atomic E-state index is 0.0804. The molecule has 0 aliphatic carbocycles. The molecule has 0 radical (unpaired) electrons. The van der Waals surface area contributed by atoms with Crippen LogP contribution < -0.4 is 14.8 Å². The number of nitrogens with zero attached hydrogens (tertiary/aromatic N) is 2. The smallest absolute Gasteiger partial charge is 0.279 e. The van der Waals surface area contributed by atoms with Gasteiger partial charge in [-0.3, -0.25) is 9.69 Å². The lowest BCUT2D eigenvalue weighted by Crippen LogP contribution is -2.51. The van der Waals surface area contributed by atoms with Gasteiger partial charge in [0, 0.05) is 31.6 Å². The van der Waals surface area contributed by atoms with Gasteiger partial charge in [0.05, 0.1) is 10.2 Å². The highest BCUT2D eigenvalue weighted by molar-refractivity contribution is 7.20. The van der Waals surface area contributed by atoms with Gasteiger partial charge in [0.1, 0.15) is 18.1 Å². The van der Waals surface area contributed by atoms with Crippen molar-refractivity contribution in [3.8, 4) is 16.7 Å². The van der Waals surface area contributed by atoms with Crippen LogP contribution in [0.3, 0.4) is 0 Å². The Balaban J connectivity index is 1.12. The van der Waals surface area contributed by atoms with Crippen molar-refractivity contribution in [2.24, 2.45) is 0 Å². The summed E-state index contributed by atoms with van der Waals surface area (Å²) in [4.78, 5) is 18.5. The van der Waals surface area contributed by atoms with E-state index in [2.05, 4.69) is 34.3 Å². The van der Waals surface area contributed by atoms with Crippen LogP contribution in [0.1, 0.15) is 38.2 Å². The minimum Gasteiger partial charge on any atom is -0.492 e. The second kappa shape index (κ2) is 9.08. The Hall–Kier alpha value is -2.64. The highest BCUT2D eigenvalue weighted by Gasteiger charge is 2.40. The van der Waals surface area contributed by atoms with E-state index in [9.17, 15) is 4.79 Å². The molecule has 2 saturated heterocycles. The fraction of sp³-hybridized carbons (Fsp3) is 0.440. The predicted molar refractivity (Wildman–Crippen MR) is 127 cm³/mol. The average molecular weight is 452 g/mol. The molecule has 0 spiro atoms. The lowest BCUT2D eigenvalue weighted by Gasteiger charge is -2.39. The van der Waals surface area contributed by atoms with Crippen LogP contribution in [0.25, 0.3) is 10.2 Å². The molecule has 2 aliphatic rings. The average Bonchev–Trinajstić information content (AvgIpc) is 3.25. The molecule has 2 aliphatic heterocycles. The van der Waals surface area contributed by atoms with Gasteiger partial charge in [-0.2, -0.15) is 0 Å². The number of hydrogen-bond donors (Lipinski definition) is 1. The summed E-state index contributed by atoms with van der Waals surface area (Å²) >= 11 is 1.56. The van der Waals surface area contributed by atoms with E-state index >= 15 is 0 Å². The highest BCUT2D eigenvalue weighted by atomic mass is 32.1. The lowest BCUT2D eigenvalue weighted by atomic mass is 9.97. The van der Waals surface area contributed by atoms with Gasteiger partial charge in [-0.1, -0.05) is 17.4 Å². The molecule has 168 valence electrons. The van der Waals surface area contributed by atoms with E-state index in [0.717, 1.165) is 41.1 Å². The molecule has 6 nitrogen and oxygen atoms in total. The summed E-state index contributed by atoms with van der Waals surface area (Å²) in [7, 11) is 0. The Kier molecular flexibility index (Phi) is 6.02. The van der Waals surface area contributed by atoms with E-state index < -0.39 is 0 Å². The summed E-state index contributed by atoms with van der Waals surface area (Å²) in [6.07, 6.45) is 4.54. The van der Waals surface area contributed by atoms with Crippen molar-refractivity contribution in [1.82, 2.24) is 15.2 Å². The molecular weight excluding hydrogens is 422 g/mol. The number of thiazole rings is 1. The number of rotatable bonds is 7. The van der Waals surface area contributed by atoms with Crippen LogP contribution in [0.2, 0.25) is 0 Å². The van der Waals surface area contributed by atoms with Crippen LogP contribution in [0, 0.1) is 6.92 Å². The number of piperidine rings is 1. The van der Waals surface area contributed by atoms with Crippen molar-refractivity contribution in [1.29, 1.82) is 0 Å². The molecule has 3 heterocycles. The summed E-state index contributed by atoms with van der Waals surface area (Å²) in [5.74, 6) is 1.68. The third-order valence-electron chi connectivity index (χ3n) is 6.46. The number of fused-ring (bicyclic) bond motifs is 3. The first-order chi connectivity index (χ1) is 15.5. The van der Waals surface area contributed by atoms with E-state index in [-0.39, 0.29) is 5.91 Å². The summed E-state index contributed by atoms with van der Waals surface area (Å²) < 4.78 is 13.1. The van der Waals surface area contributed by atoms with Crippen molar-refractivity contribution in [3.63, 3.8) is 0 Å². The zero-order valence-corrected chi connectivity index (χ0v) is 19.4. The van der Waals surface area contributed by atoms with Crippen LogP contribution in [-0.2, 0) is 4.79 Å². The molecule has 2 unspecified atom stereocenters. The van der Waals surface area contributed by atoms with Gasteiger partial charge in [-0.05, 0) is 74.6 Å². The maximum atomic E-state index is 11.4. The first-order valence-corrected chi connectivity index (χ1v) is 12.2. The molecule has 0 saturated carbocycles. The van der Waals surface area contributed by atoms with Crippen molar-refractivity contribution < 1.29 is 14.3 Å². The van der Waals surface area contributed by atoms with E-state index in [0.29, 0.717) is 29.9 Å². The zero-order valence-electron chi connectivity index (χ0n) is 18.5. The topological polar surface area (TPSA) is 63.7 Å². The Morgan fingerprint density at radius 1 is 1.12 bits per heavy atom. The van der Waals surface area contributed by atoms with E-state index in [1.165, 1.54) is 18.4 Å². The molecule has 7 heteroatoms. The SMILES string of the molecule is CC(=O)NC1CC2CC[C@H](C1)N2CCOc1ccc(Oc2nc3ccc(C)cc3s2)cc1. The largest absolute Gasteiger partial charge is 0.492 e. The number of ether oxygens (including phenoxy) is 2. The Morgan fingerprint density at radius 2 is 1.84 bits per heavy atom. The summed E-state index contributed by atoms with van der Waals surface area (Å²) in [6, 6.07) is 15.4. The minimum absolute atomic E-state index is 0.0804. The van der Waals surface area contributed by atoms with Crippen molar-refractivity contribution >= 4 is 27.5 Å². The Bertz CT molecular complexity index is 1080. The lowest BCUT2D eigenvalue weighted by molar-refractivity contribution is -0.120. The van der Waals surface area contributed by atoms with Crippen molar-refractivity contribution in [2.75, 3.05) is 13.2 Å². The van der Waals surface area contributed by atoms with Gasteiger partial charge in [0.15, 0.2) is 0 Å². The van der Waals surface area contributed by atoms with Crippen LogP contribution in [0.15, 0.2) is 42.5 Å². The summed E-state index contributed by atoms with van der Waals surface area (Å²) in [5, 5.41) is 3.76. The fourth-order valence-corrected chi connectivity index (χ4v) is 6.01. The fourth-order valence-electron chi connectivity index (χ4n) is 5.07. The third-order valence-corrected chi connectivity index (χ3v) is 7.36. The second-order valence-corrected chi connectivity index (χ2v) is 9.86. The molecule has 1 amide bonds. The maximum Gasteiger partial charge on any atom is 0.279 e. The Labute approximate surface area is 192 Å². The molecular formula is C25H29N3O3S. The molecule has 5 rings (SSSR count). The molecule has 3 aromatic rings. The molecule has 2 bridgehead atoms. The molecule has 3 atom stereocenters. The number of amides is 1. The van der Waals surface area contributed by atoms with Gasteiger partial charge in [-0.25, -0.2) is 4.98 Å². The van der Waals surface area contributed by atoms with E-state index in [4.69, 9.17) is 9.47 Å². The normalized spacial score (nSPS) is 22.8. The first-order valence-electron chi connectivity index (χ1n) is 11.3. The van der Waals surface area contributed by atoms with Gasteiger partial charge in [0.25, 0.3) is 5.19 Å². The summed E-state index contributed by atoms with van der Waals surface area (Å²) in [5.41, 5.74) is 2.19. The quantitative estimate of drug-likeness (QED) is 0.553. The van der Waals surface area contributed by atoms with Gasteiger partial charge < -0.3 is 14.8 Å². The number of carbonyl (C=O) groups excluding carboxylic acids is 1. The maximum absolute atomic E-state index is 11.4. The number of benzene rings is 2. The molecule has 1 aromatic heterocycles. The van der Waals surface area contributed by atoms with Crippen LogP contribution in [0.5, 0.6) is 16.7 Å². The highest BCUT2D eigenvalue weighted by Crippen LogP contribution is 2.36. The number of aryl methyl sites for hydroxylation is 1. The van der Waals surface area contributed by atoms with Crippen LogP contribution >= 0.6 is 11.3 Å². The monoisotopic (exact) mass is 451 g/mol. The number of hydrogen-bond acceptors (Lipinski definition) is 6. The number of aromatic nitrogens is 1. The first kappa shape index (κ1) is 21.2. The van der Waals surface area contributed by atoms with Crippen molar-refractivity contribution in [3.05, 3.63) is 48.0 Å². The van der Waals surface area contributed by atoms with Gasteiger partial charge in [0.2, 0.25) is 5.91 Å². The zero-order chi connectivity index (χ0) is 22.1. The second-order valence-electron chi connectivity index (χ2n) is 8.86. The molecule has 32 heavy (non-hydrogen) atoms. The molecule has 2 aromatic carbocycles. The van der Waals surface area contributed by atoms with Gasteiger partial charge in [-0.15, -0.1) is 0 Å². The van der Waals surface area contributed by atoms with Crippen molar-refractivity contribution in [2.45, 2.75) is 57.7 Å². The third kappa shape index (κ3) is 4.74. The molecule has 2 fully saturated rings. The van der Waals surface area contributed by atoms with E-state index in [1.54, 1.807) is 18.3 Å². The van der Waals surface area contributed by atoms with Gasteiger partial charge >= 0.3 is 0 Å². The standard InChI is InChI=1S/C25H29N3O3S/c1-16-3-10-23-24(13-16)32-25(27-23)31-22-8-6-21(7-9-22)30-12-11-28-19-4-5-20(28)15-18(14-19)26-17(2)29/h3,6-10,13,18-20H,4-5,11-12,14-15H2,1-2H3,(H,26,29)/t18?,19-,20?/m1/s1. The molecule has 1 N–H and O–H groups in total. The van der Waals surface area contributed by atoms with Crippen LogP contribution in [-0.4, -0.2) is 47.1 Å². The van der Waals surface area contributed by atoms with E-state index in [1.807, 2.05) is 30.3 Å². The Morgan fingerprint density at radius 3 is 2.56 bits per heavy atom. The number of nitrogens with one attached hydrogen (secondary N) is 1. The summed E-state index contributed by atoms with van der Waals surface area (Å²) in [6.45, 7) is 5.27. The number of carbonyl (C=O) groups is 1.